The van der Waals surface area contributed by atoms with E-state index in [9.17, 15) is 33.9 Å². The van der Waals surface area contributed by atoms with Gasteiger partial charge in [-0.3, -0.25) is 19.4 Å². The number of rotatable bonds is 11. The SMILES string of the molecule is CC(C)(C)OC(=O)N1Cc2ccccc2CC1C(=O)O.CCOC(=O)C(Cc1ccc(Cl)cc1)NC(=O)C1Cc2ccccc2CN1C(=O)OC(C)(C)C.CCOC(=O)C(N)Cc1ccc(Cl)cc1.Cl. The number of nitrogens with one attached hydrogen (secondary N) is 1. The van der Waals surface area contributed by atoms with E-state index in [0.29, 0.717) is 35.9 Å². The second-order valence-electron chi connectivity index (χ2n) is 18.4. The third-order valence-corrected chi connectivity index (χ3v) is 11.0. The third kappa shape index (κ3) is 18.5. The number of esters is 2. The number of ether oxygens (including phenoxy) is 4. The van der Waals surface area contributed by atoms with Crippen LogP contribution in [0.2, 0.25) is 10.0 Å². The van der Waals surface area contributed by atoms with E-state index in [1.165, 1.54) is 9.80 Å². The fourth-order valence-corrected chi connectivity index (χ4v) is 7.55. The third-order valence-electron chi connectivity index (χ3n) is 10.5. The zero-order valence-corrected chi connectivity index (χ0v) is 43.2. The van der Waals surface area contributed by atoms with Gasteiger partial charge in [0, 0.05) is 29.3 Å². The molecule has 18 heteroatoms. The molecule has 0 aliphatic carbocycles. The molecule has 0 aromatic heterocycles. The quantitative estimate of drug-likeness (QED) is 0.0952. The smallest absolute Gasteiger partial charge is 0.411 e. The van der Waals surface area contributed by atoms with Crippen LogP contribution in [-0.2, 0) is 76.9 Å². The van der Waals surface area contributed by atoms with Crippen molar-refractivity contribution in [2.75, 3.05) is 13.2 Å². The standard InChI is InChI=1S/C26H31ClN2O5.C15H19NO4.C11H14ClNO2.ClH/c1-5-33-24(31)21(14-17-10-12-20(27)13-11-17)28-23(30)22-15-18-8-6-7-9-19(18)16-29(22)25(32)34-26(2,3)4;1-15(2,3)20-14(19)16-9-11-7-5-4-6-10(11)8-12(16)13(17)18;1-2-15-11(14)10(13)7-8-3-5-9(12)6-4-8;/h6-13,21-22H,5,14-16H2,1-4H3,(H,28,30);4-7,12H,8-9H2,1-3H3,(H,17,18);3-6,10H,2,7,13H2,1H3;1H. The Labute approximate surface area is 426 Å². The van der Waals surface area contributed by atoms with E-state index in [0.717, 1.165) is 33.4 Å². The normalized spacial score (nSPS) is 15.8. The minimum absolute atomic E-state index is 0. The molecule has 2 heterocycles. The average molecular weight is 1030 g/mol. The molecular weight excluding hydrogens is 963 g/mol. The van der Waals surface area contributed by atoms with Crippen molar-refractivity contribution in [3.8, 4) is 0 Å². The zero-order chi connectivity index (χ0) is 51.1. The minimum atomic E-state index is -1.01. The van der Waals surface area contributed by atoms with Crippen LogP contribution < -0.4 is 11.1 Å². The van der Waals surface area contributed by atoms with E-state index in [4.69, 9.17) is 47.9 Å². The average Bonchev–Trinajstić information content (AvgIpc) is 3.28. The number of nitrogens with zero attached hydrogens (tertiary/aromatic N) is 2. The van der Waals surface area contributed by atoms with Crippen LogP contribution in [0.5, 0.6) is 0 Å². The molecule has 380 valence electrons. The van der Waals surface area contributed by atoms with E-state index in [-0.39, 0.29) is 44.5 Å². The number of amides is 3. The summed E-state index contributed by atoms with van der Waals surface area (Å²) in [6.07, 6.45) is 0.169. The second kappa shape index (κ2) is 26.9. The van der Waals surface area contributed by atoms with Crippen LogP contribution in [-0.4, -0.2) is 99.5 Å². The van der Waals surface area contributed by atoms with Gasteiger partial charge in [-0.15, -0.1) is 12.4 Å². The molecular formula is C52H65Cl3N4O11. The topological polar surface area (TPSA) is 204 Å². The first-order valence-electron chi connectivity index (χ1n) is 22.7. The lowest BCUT2D eigenvalue weighted by atomic mass is 9.93. The Hall–Kier alpha value is -5.87. The molecule has 15 nitrogen and oxygen atoms in total. The number of nitrogens with two attached hydrogens (primary N) is 1. The molecule has 2 aliphatic heterocycles. The van der Waals surface area contributed by atoms with Gasteiger partial charge in [0.1, 0.15) is 35.4 Å². The monoisotopic (exact) mass is 1030 g/mol. The predicted molar refractivity (Wildman–Crippen MR) is 270 cm³/mol. The van der Waals surface area contributed by atoms with Crippen molar-refractivity contribution in [1.29, 1.82) is 0 Å². The molecule has 0 spiro atoms. The number of carboxylic acid groups (broad SMARTS) is 1. The van der Waals surface area contributed by atoms with Crippen LogP contribution in [0.15, 0.2) is 97.1 Å². The predicted octanol–water partition coefficient (Wildman–Crippen LogP) is 8.92. The Morgan fingerprint density at radius 3 is 1.43 bits per heavy atom. The zero-order valence-electron chi connectivity index (χ0n) is 40.9. The van der Waals surface area contributed by atoms with E-state index >= 15 is 0 Å². The van der Waals surface area contributed by atoms with Crippen LogP contribution >= 0.6 is 35.6 Å². The first-order chi connectivity index (χ1) is 32.5. The lowest BCUT2D eigenvalue weighted by molar-refractivity contribution is -0.148. The number of aliphatic carboxylic acids is 1. The molecule has 0 saturated carbocycles. The molecule has 0 fully saturated rings. The van der Waals surface area contributed by atoms with Crippen molar-refractivity contribution in [2.24, 2.45) is 5.73 Å². The molecule has 4 unspecified atom stereocenters. The highest BCUT2D eigenvalue weighted by Crippen LogP contribution is 2.27. The van der Waals surface area contributed by atoms with Gasteiger partial charge in [0.15, 0.2) is 0 Å². The summed E-state index contributed by atoms with van der Waals surface area (Å²) in [6, 6.07) is 26.3. The van der Waals surface area contributed by atoms with Crippen LogP contribution in [0.1, 0.15) is 88.8 Å². The van der Waals surface area contributed by atoms with E-state index in [1.807, 2.05) is 60.7 Å². The van der Waals surface area contributed by atoms with Gasteiger partial charge in [0.25, 0.3) is 0 Å². The lowest BCUT2D eigenvalue weighted by Gasteiger charge is -2.37. The first-order valence-corrected chi connectivity index (χ1v) is 23.5. The van der Waals surface area contributed by atoms with Gasteiger partial charge >= 0.3 is 30.1 Å². The van der Waals surface area contributed by atoms with Crippen LogP contribution in [0, 0.1) is 0 Å². The Kier molecular flexibility index (Phi) is 22.5. The Morgan fingerprint density at radius 2 is 1.01 bits per heavy atom. The molecule has 0 saturated heterocycles. The fraction of sp³-hybridized carbons (Fsp3) is 0.423. The molecule has 4 aromatic rings. The van der Waals surface area contributed by atoms with Crippen LogP contribution in [0.3, 0.4) is 0 Å². The summed E-state index contributed by atoms with van der Waals surface area (Å²) in [5.74, 6) is -2.35. The van der Waals surface area contributed by atoms with Gasteiger partial charge in [-0.1, -0.05) is 96.0 Å². The summed E-state index contributed by atoms with van der Waals surface area (Å²) in [7, 11) is 0. The van der Waals surface area contributed by atoms with Crippen molar-refractivity contribution < 1.29 is 52.8 Å². The summed E-state index contributed by atoms with van der Waals surface area (Å²) >= 11 is 11.7. The summed E-state index contributed by atoms with van der Waals surface area (Å²) in [5.41, 5.74) is 9.98. The highest BCUT2D eigenvalue weighted by molar-refractivity contribution is 6.30. The number of carboxylic acids is 1. The second-order valence-corrected chi connectivity index (χ2v) is 19.2. The number of carbonyl (C=O) groups is 6. The molecule has 4 atom stereocenters. The summed E-state index contributed by atoms with van der Waals surface area (Å²) in [6.45, 7) is 15.1. The number of carbonyl (C=O) groups excluding carboxylic acids is 5. The van der Waals surface area contributed by atoms with E-state index in [2.05, 4.69) is 5.32 Å². The van der Waals surface area contributed by atoms with Crippen molar-refractivity contribution in [1.82, 2.24) is 15.1 Å². The van der Waals surface area contributed by atoms with E-state index in [1.54, 1.807) is 91.8 Å². The summed E-state index contributed by atoms with van der Waals surface area (Å²) in [4.78, 5) is 76.7. The van der Waals surface area contributed by atoms with Gasteiger partial charge in [-0.2, -0.15) is 0 Å². The number of hydrogen-bond acceptors (Lipinski definition) is 11. The van der Waals surface area contributed by atoms with Gasteiger partial charge in [0.05, 0.1) is 26.3 Å². The van der Waals surface area contributed by atoms with Gasteiger partial charge in [-0.25, -0.2) is 19.2 Å². The Bertz CT molecular complexity index is 2390. The number of benzene rings is 4. The maximum Gasteiger partial charge on any atom is 0.411 e. The fourth-order valence-electron chi connectivity index (χ4n) is 7.29. The van der Waals surface area contributed by atoms with Gasteiger partial charge < -0.3 is 35.1 Å². The minimum Gasteiger partial charge on any atom is -0.480 e. The molecule has 4 N–H and O–H groups in total. The largest absolute Gasteiger partial charge is 0.480 e. The maximum absolute atomic E-state index is 13.5. The van der Waals surface area contributed by atoms with Crippen molar-refractivity contribution in [3.63, 3.8) is 0 Å². The molecule has 70 heavy (non-hydrogen) atoms. The van der Waals surface area contributed by atoms with Crippen molar-refractivity contribution in [3.05, 3.63) is 140 Å². The van der Waals surface area contributed by atoms with Crippen molar-refractivity contribution in [2.45, 2.75) is 130 Å². The molecule has 4 aromatic carbocycles. The van der Waals surface area contributed by atoms with Crippen molar-refractivity contribution >= 4 is 71.6 Å². The number of fused-ring (bicyclic) bond motifs is 2. The molecule has 0 bridgehead atoms. The highest BCUT2D eigenvalue weighted by atomic mass is 35.5. The van der Waals surface area contributed by atoms with Gasteiger partial charge in [-0.05, 0) is 119 Å². The first kappa shape index (κ1) is 58.4. The van der Waals surface area contributed by atoms with E-state index < -0.39 is 65.4 Å². The molecule has 2 aliphatic rings. The molecule has 3 amide bonds. The van der Waals surface area contributed by atoms with Crippen LogP contribution in [0.4, 0.5) is 9.59 Å². The summed E-state index contributed by atoms with van der Waals surface area (Å²) in [5, 5.41) is 13.4. The maximum atomic E-state index is 13.5. The lowest BCUT2D eigenvalue weighted by Crippen LogP contribution is -2.56. The summed E-state index contributed by atoms with van der Waals surface area (Å²) < 4.78 is 20.9. The molecule has 6 rings (SSSR count). The Morgan fingerprint density at radius 1 is 0.629 bits per heavy atom. The highest BCUT2D eigenvalue weighted by Gasteiger charge is 2.39. The number of hydrogen-bond donors (Lipinski definition) is 3. The molecule has 0 radical (unpaired) electrons. The Balaban J connectivity index is 0.000000305. The van der Waals surface area contributed by atoms with Gasteiger partial charge in [0.2, 0.25) is 5.91 Å². The number of halogens is 3. The van der Waals surface area contributed by atoms with Crippen LogP contribution in [0.25, 0.3) is 0 Å².